The van der Waals surface area contributed by atoms with Crippen molar-refractivity contribution in [3.63, 3.8) is 0 Å². The van der Waals surface area contributed by atoms with Crippen molar-refractivity contribution < 1.29 is 0 Å². The third-order valence-corrected chi connectivity index (χ3v) is 1.89. The molecule has 0 unspecified atom stereocenters. The molecule has 3 nitrogen and oxygen atoms in total. The van der Waals surface area contributed by atoms with E-state index in [1.54, 1.807) is 6.20 Å². The number of halogens is 1. The van der Waals surface area contributed by atoms with Crippen molar-refractivity contribution in [2.75, 3.05) is 0 Å². The van der Waals surface area contributed by atoms with Crippen LogP contribution >= 0.6 is 11.6 Å². The number of nitrogens with zero attached hydrogens (tertiary/aromatic N) is 2. The molecule has 0 spiro atoms. The van der Waals surface area contributed by atoms with Crippen molar-refractivity contribution in [2.24, 2.45) is 0 Å². The van der Waals surface area contributed by atoms with Crippen LogP contribution in [0, 0.1) is 6.92 Å². The molecule has 4 heteroatoms. The molecule has 0 aliphatic heterocycles. The molecule has 2 aromatic heterocycles. The Morgan fingerprint density at radius 1 is 1.20 bits per heavy atom. The van der Waals surface area contributed by atoms with Gasteiger partial charge in [0.1, 0.15) is 5.15 Å². The lowest BCUT2D eigenvalue weighted by atomic mass is 10.3. The average molecular weight is 228 g/mol. The van der Waals surface area contributed by atoms with E-state index in [1.165, 1.54) is 0 Å². The van der Waals surface area contributed by atoms with Gasteiger partial charge in [0.15, 0.2) is 0 Å². The van der Waals surface area contributed by atoms with Gasteiger partial charge >= 0.3 is 0 Å². The molecular formula is C11H18ClN3. The number of pyridine rings is 1. The molecule has 2 heterocycles. The normalized spacial score (nSPS) is 8.67. The summed E-state index contributed by atoms with van der Waals surface area (Å²) in [6.07, 6.45) is 1.64. The Hall–Kier alpha value is -1.09. The largest absolute Gasteiger partial charge is 0.282 e. The lowest BCUT2D eigenvalue weighted by Gasteiger charge is -1.90. The predicted octanol–water partition coefficient (Wildman–Crippen LogP) is 3.97. The van der Waals surface area contributed by atoms with E-state index < -0.39 is 0 Å². The second kappa shape index (κ2) is 7.23. The Morgan fingerprint density at radius 3 is 2.33 bits per heavy atom. The minimum absolute atomic E-state index is 0.508. The zero-order valence-electron chi connectivity index (χ0n) is 9.93. The minimum Gasteiger partial charge on any atom is -0.282 e. The Morgan fingerprint density at radius 2 is 1.80 bits per heavy atom. The van der Waals surface area contributed by atoms with E-state index in [1.807, 2.05) is 40.7 Å². The van der Waals surface area contributed by atoms with Crippen LogP contribution in [0.1, 0.15) is 33.4 Å². The molecule has 0 aliphatic rings. The summed E-state index contributed by atoms with van der Waals surface area (Å²) >= 11 is 5.83. The second-order valence-corrected chi connectivity index (χ2v) is 2.70. The van der Waals surface area contributed by atoms with Crippen molar-refractivity contribution in [2.45, 2.75) is 34.6 Å². The fraction of sp³-hybridized carbons (Fsp3) is 0.455. The summed E-state index contributed by atoms with van der Waals surface area (Å²) in [6, 6.07) is 1.82. The highest BCUT2D eigenvalue weighted by molar-refractivity contribution is 6.34. The maximum Gasteiger partial charge on any atom is 0.140 e. The van der Waals surface area contributed by atoms with E-state index in [9.17, 15) is 0 Å². The van der Waals surface area contributed by atoms with Gasteiger partial charge in [-0.3, -0.25) is 5.10 Å². The minimum atomic E-state index is 0.508. The topological polar surface area (TPSA) is 41.6 Å². The Balaban J connectivity index is 0.000000442. The first-order chi connectivity index (χ1) is 7.29. The number of hydrogen-bond acceptors (Lipinski definition) is 2. The molecule has 15 heavy (non-hydrogen) atoms. The summed E-state index contributed by atoms with van der Waals surface area (Å²) in [5.74, 6) is 0. The van der Waals surface area contributed by atoms with Crippen LogP contribution in [-0.4, -0.2) is 15.2 Å². The van der Waals surface area contributed by atoms with E-state index in [4.69, 9.17) is 11.6 Å². The maximum atomic E-state index is 5.83. The third kappa shape index (κ3) is 3.20. The molecule has 84 valence electrons. The average Bonchev–Trinajstić information content (AvgIpc) is 2.68. The van der Waals surface area contributed by atoms with Crippen LogP contribution in [0.4, 0.5) is 0 Å². The molecule has 0 bridgehead atoms. The standard InChI is InChI=1S/C7H6ClN3.2C2H6/c1-4-6-5(11-10-4)2-3-9-7(6)8;2*1-2/h2-3H,1H3,(H,10,11);2*1-2H3. The van der Waals surface area contributed by atoms with E-state index in [0.29, 0.717) is 5.15 Å². The molecule has 0 aliphatic carbocycles. The van der Waals surface area contributed by atoms with Crippen LogP contribution in [-0.2, 0) is 0 Å². The summed E-state index contributed by atoms with van der Waals surface area (Å²) in [6.45, 7) is 9.92. The molecule has 0 atom stereocenters. The zero-order valence-corrected chi connectivity index (χ0v) is 10.7. The van der Waals surface area contributed by atoms with E-state index in [0.717, 1.165) is 16.6 Å². The van der Waals surface area contributed by atoms with Crippen LogP contribution in [0.2, 0.25) is 5.15 Å². The van der Waals surface area contributed by atoms with E-state index in [-0.39, 0.29) is 0 Å². The van der Waals surface area contributed by atoms with Gasteiger partial charge in [0.2, 0.25) is 0 Å². The highest BCUT2D eigenvalue weighted by Crippen LogP contribution is 2.21. The van der Waals surface area contributed by atoms with E-state index in [2.05, 4.69) is 15.2 Å². The van der Waals surface area contributed by atoms with Crippen molar-refractivity contribution >= 4 is 22.5 Å². The lowest BCUT2D eigenvalue weighted by Crippen LogP contribution is -1.76. The molecule has 2 rings (SSSR count). The second-order valence-electron chi connectivity index (χ2n) is 2.34. The quantitative estimate of drug-likeness (QED) is 0.692. The number of aromatic nitrogens is 3. The number of aryl methyl sites for hydroxylation is 1. The van der Waals surface area contributed by atoms with Crippen LogP contribution in [0.25, 0.3) is 10.9 Å². The summed E-state index contributed by atoms with van der Waals surface area (Å²) in [7, 11) is 0. The number of fused-ring (bicyclic) bond motifs is 1. The summed E-state index contributed by atoms with van der Waals surface area (Å²) in [5, 5.41) is 8.29. The number of nitrogens with one attached hydrogen (secondary N) is 1. The zero-order chi connectivity index (χ0) is 11.8. The number of H-pyrrole nitrogens is 1. The van der Waals surface area contributed by atoms with Gasteiger partial charge < -0.3 is 0 Å². The van der Waals surface area contributed by atoms with Crippen LogP contribution in [0.5, 0.6) is 0 Å². The Bertz CT molecular complexity index is 396. The molecule has 0 saturated carbocycles. The van der Waals surface area contributed by atoms with Crippen molar-refractivity contribution in [1.29, 1.82) is 0 Å². The van der Waals surface area contributed by atoms with Crippen LogP contribution < -0.4 is 0 Å². The van der Waals surface area contributed by atoms with Crippen LogP contribution in [0.15, 0.2) is 12.3 Å². The fourth-order valence-electron chi connectivity index (χ4n) is 1.07. The summed E-state index contributed by atoms with van der Waals surface area (Å²) < 4.78 is 0. The van der Waals surface area contributed by atoms with Gasteiger partial charge in [0.25, 0.3) is 0 Å². The van der Waals surface area contributed by atoms with Crippen molar-refractivity contribution in [3.05, 3.63) is 23.1 Å². The van der Waals surface area contributed by atoms with Gasteiger partial charge in [-0.25, -0.2) is 4.98 Å². The van der Waals surface area contributed by atoms with Crippen molar-refractivity contribution in [1.82, 2.24) is 15.2 Å². The Kier molecular flexibility index (Phi) is 6.71. The molecule has 0 amide bonds. The van der Waals surface area contributed by atoms with Crippen LogP contribution in [0.3, 0.4) is 0 Å². The molecular weight excluding hydrogens is 210 g/mol. The smallest absolute Gasteiger partial charge is 0.140 e. The highest BCUT2D eigenvalue weighted by atomic mass is 35.5. The number of aromatic amines is 1. The molecule has 2 aromatic rings. The van der Waals surface area contributed by atoms with Gasteiger partial charge in [-0.2, -0.15) is 5.10 Å². The lowest BCUT2D eigenvalue weighted by molar-refractivity contribution is 1.07. The Labute approximate surface area is 95.9 Å². The van der Waals surface area contributed by atoms with Gasteiger partial charge in [0, 0.05) is 11.9 Å². The predicted molar refractivity (Wildman–Crippen MR) is 66.3 cm³/mol. The van der Waals surface area contributed by atoms with Gasteiger partial charge in [-0.15, -0.1) is 0 Å². The number of rotatable bonds is 0. The monoisotopic (exact) mass is 227 g/mol. The molecule has 0 aromatic carbocycles. The molecule has 0 radical (unpaired) electrons. The molecule has 1 N–H and O–H groups in total. The van der Waals surface area contributed by atoms with Gasteiger partial charge in [-0.1, -0.05) is 39.3 Å². The first-order valence-corrected chi connectivity index (χ1v) is 5.62. The SMILES string of the molecule is CC.CC.Cc1[nH]nc2ccnc(Cl)c12. The number of hydrogen-bond donors (Lipinski definition) is 1. The first kappa shape index (κ1) is 13.9. The molecule has 0 fully saturated rings. The van der Waals surface area contributed by atoms with Gasteiger partial charge in [-0.05, 0) is 13.0 Å². The van der Waals surface area contributed by atoms with Crippen molar-refractivity contribution in [3.8, 4) is 0 Å². The summed E-state index contributed by atoms with van der Waals surface area (Å²) in [4.78, 5) is 3.95. The van der Waals surface area contributed by atoms with E-state index >= 15 is 0 Å². The molecule has 0 saturated heterocycles. The first-order valence-electron chi connectivity index (χ1n) is 5.24. The van der Waals surface area contributed by atoms with Gasteiger partial charge in [0.05, 0.1) is 10.9 Å². The summed E-state index contributed by atoms with van der Waals surface area (Å²) in [5.41, 5.74) is 1.82. The fourth-order valence-corrected chi connectivity index (χ4v) is 1.36. The highest BCUT2D eigenvalue weighted by Gasteiger charge is 2.04. The maximum absolute atomic E-state index is 5.83. The third-order valence-electron chi connectivity index (χ3n) is 1.60.